The summed E-state index contributed by atoms with van der Waals surface area (Å²) in [5.74, 6) is -0.413. The van der Waals surface area contributed by atoms with Gasteiger partial charge in [-0.25, -0.2) is 0 Å². The van der Waals surface area contributed by atoms with E-state index in [1.807, 2.05) is 67.8 Å². The lowest BCUT2D eigenvalue weighted by molar-refractivity contribution is 0.0961. The van der Waals surface area contributed by atoms with Crippen LogP contribution in [0, 0.1) is 10.7 Å². The lowest BCUT2D eigenvalue weighted by Gasteiger charge is -2.14. The van der Waals surface area contributed by atoms with Gasteiger partial charge in [0.1, 0.15) is 0 Å². The molecular formula is C10H4Cl2I3NO3. The molecule has 0 aliphatic rings. The summed E-state index contributed by atoms with van der Waals surface area (Å²) in [6, 6.07) is 0. The molecule has 0 heterocycles. The number of benzene rings is 1. The SMILES string of the molecule is CNC(=O)c1c(I)c(C(=O)Cl)c(I)c(C(=O)Cl)c1I. The van der Waals surface area contributed by atoms with Gasteiger partial charge in [-0.15, -0.1) is 0 Å². The Morgan fingerprint density at radius 2 is 1.16 bits per heavy atom. The van der Waals surface area contributed by atoms with Crippen LogP contribution in [-0.4, -0.2) is 23.4 Å². The van der Waals surface area contributed by atoms with Crippen molar-refractivity contribution in [1.82, 2.24) is 5.32 Å². The average Bonchev–Trinajstić information content (AvgIpc) is 2.26. The molecule has 4 nitrogen and oxygen atoms in total. The minimum Gasteiger partial charge on any atom is -0.355 e. The zero-order valence-corrected chi connectivity index (χ0v) is 17.1. The molecule has 0 radical (unpaired) electrons. The van der Waals surface area contributed by atoms with E-state index in [0.717, 1.165) is 0 Å². The minimum atomic E-state index is -0.741. The number of hydrogen-bond donors (Lipinski definition) is 1. The number of carbonyl (C=O) groups is 3. The maximum Gasteiger partial charge on any atom is 0.254 e. The van der Waals surface area contributed by atoms with E-state index in [4.69, 9.17) is 23.2 Å². The van der Waals surface area contributed by atoms with Crippen LogP contribution in [0.5, 0.6) is 0 Å². The van der Waals surface area contributed by atoms with Crippen LogP contribution in [0.3, 0.4) is 0 Å². The zero-order chi connectivity index (χ0) is 14.9. The largest absolute Gasteiger partial charge is 0.355 e. The van der Waals surface area contributed by atoms with Crippen molar-refractivity contribution in [2.24, 2.45) is 0 Å². The van der Waals surface area contributed by atoms with Gasteiger partial charge in [-0.1, -0.05) is 0 Å². The summed E-state index contributed by atoms with van der Waals surface area (Å²) >= 11 is 16.6. The van der Waals surface area contributed by atoms with Crippen molar-refractivity contribution in [3.05, 3.63) is 27.4 Å². The van der Waals surface area contributed by atoms with Gasteiger partial charge < -0.3 is 5.32 Å². The molecule has 0 unspecified atom stereocenters. The minimum absolute atomic E-state index is 0.117. The second-order valence-electron chi connectivity index (χ2n) is 3.19. The summed E-state index contributed by atoms with van der Waals surface area (Å²) in [4.78, 5) is 34.9. The molecule has 1 rings (SSSR count). The standard InChI is InChI=1S/C10H4Cl2I3NO3/c1-16-10(19)4-6(14)2(8(11)17)5(13)3(7(4)15)9(12)18/h1H3,(H,16,19). The molecule has 1 amide bonds. The summed E-state index contributed by atoms with van der Waals surface area (Å²) in [7, 11) is 1.46. The maximum absolute atomic E-state index is 11.9. The van der Waals surface area contributed by atoms with Crippen LogP contribution >= 0.6 is 91.0 Å². The van der Waals surface area contributed by atoms with E-state index in [2.05, 4.69) is 5.32 Å². The van der Waals surface area contributed by atoms with E-state index in [9.17, 15) is 14.4 Å². The van der Waals surface area contributed by atoms with Gasteiger partial charge >= 0.3 is 0 Å². The second kappa shape index (κ2) is 7.18. The topological polar surface area (TPSA) is 63.2 Å². The molecule has 0 fully saturated rings. The van der Waals surface area contributed by atoms with Gasteiger partial charge in [-0.3, -0.25) is 14.4 Å². The molecule has 1 aromatic carbocycles. The average molecular weight is 638 g/mol. The molecule has 0 atom stereocenters. The van der Waals surface area contributed by atoms with Gasteiger partial charge in [-0.05, 0) is 91.0 Å². The molecule has 0 aliphatic heterocycles. The number of rotatable bonds is 3. The quantitative estimate of drug-likeness (QED) is 0.407. The molecule has 1 aromatic rings. The van der Waals surface area contributed by atoms with Crippen molar-refractivity contribution in [2.45, 2.75) is 0 Å². The molecule has 0 aromatic heterocycles. The first-order chi connectivity index (χ1) is 8.73. The van der Waals surface area contributed by atoms with Crippen molar-refractivity contribution in [2.75, 3.05) is 7.05 Å². The number of nitrogens with one attached hydrogen (secondary N) is 1. The Morgan fingerprint density at radius 3 is 1.42 bits per heavy atom. The van der Waals surface area contributed by atoms with Gasteiger partial charge in [-0.2, -0.15) is 0 Å². The van der Waals surface area contributed by atoms with Gasteiger partial charge in [0.2, 0.25) is 0 Å². The van der Waals surface area contributed by atoms with E-state index >= 15 is 0 Å². The van der Waals surface area contributed by atoms with Crippen molar-refractivity contribution >= 4 is 107 Å². The first kappa shape index (κ1) is 17.9. The lowest BCUT2D eigenvalue weighted by Crippen LogP contribution is -2.24. The third-order valence-electron chi connectivity index (χ3n) is 2.16. The number of halogens is 5. The first-order valence-corrected chi connectivity index (χ1v) is 8.55. The Balaban J connectivity index is 3.90. The fourth-order valence-corrected chi connectivity index (χ4v) is 6.99. The van der Waals surface area contributed by atoms with Crippen LogP contribution in [0.15, 0.2) is 0 Å². The van der Waals surface area contributed by atoms with Crippen molar-refractivity contribution < 1.29 is 14.4 Å². The van der Waals surface area contributed by atoms with E-state index in [1.54, 1.807) is 0 Å². The second-order valence-corrected chi connectivity index (χ2v) is 7.12. The Bertz CT molecular complexity index is 563. The van der Waals surface area contributed by atoms with Gasteiger partial charge in [0.25, 0.3) is 16.4 Å². The van der Waals surface area contributed by atoms with Gasteiger partial charge in [0.15, 0.2) is 0 Å². The number of amides is 1. The van der Waals surface area contributed by atoms with Crippen molar-refractivity contribution in [1.29, 1.82) is 0 Å². The highest BCUT2D eigenvalue weighted by Crippen LogP contribution is 2.33. The highest BCUT2D eigenvalue weighted by Gasteiger charge is 2.28. The van der Waals surface area contributed by atoms with E-state index < -0.39 is 16.4 Å². The van der Waals surface area contributed by atoms with E-state index in [1.165, 1.54) is 7.05 Å². The number of carbonyl (C=O) groups excluding carboxylic acids is 3. The molecular weight excluding hydrogens is 634 g/mol. The van der Waals surface area contributed by atoms with Crippen LogP contribution in [0.25, 0.3) is 0 Å². The Labute approximate surface area is 159 Å². The molecule has 9 heteroatoms. The Hall–Kier alpha value is 0.800. The highest BCUT2D eigenvalue weighted by molar-refractivity contribution is 14.1. The lowest BCUT2D eigenvalue weighted by atomic mass is 10.1. The number of hydrogen-bond acceptors (Lipinski definition) is 3. The van der Waals surface area contributed by atoms with Crippen molar-refractivity contribution in [3.8, 4) is 0 Å². The van der Waals surface area contributed by atoms with Gasteiger partial charge in [0.05, 0.1) is 16.7 Å². The molecule has 0 spiro atoms. The molecule has 0 saturated carbocycles. The Morgan fingerprint density at radius 1 is 0.842 bits per heavy atom. The Kier molecular flexibility index (Phi) is 6.75. The summed E-state index contributed by atoms with van der Waals surface area (Å²) in [5, 5.41) is 0.973. The van der Waals surface area contributed by atoms with Crippen molar-refractivity contribution in [3.63, 3.8) is 0 Å². The van der Waals surface area contributed by atoms with Crippen LogP contribution in [0.2, 0.25) is 0 Å². The predicted molar refractivity (Wildman–Crippen MR) is 98.4 cm³/mol. The van der Waals surface area contributed by atoms with Crippen LogP contribution in [0.1, 0.15) is 31.1 Å². The molecule has 0 bridgehead atoms. The molecule has 0 aliphatic carbocycles. The smallest absolute Gasteiger partial charge is 0.254 e. The summed E-state index contributed by atoms with van der Waals surface area (Å²) in [5.41, 5.74) is 0.453. The van der Waals surface area contributed by atoms with Crippen LogP contribution in [-0.2, 0) is 0 Å². The predicted octanol–water partition coefficient (Wildman–Crippen LogP) is 3.62. The van der Waals surface area contributed by atoms with Crippen LogP contribution in [0.4, 0.5) is 0 Å². The molecule has 102 valence electrons. The first-order valence-electron chi connectivity index (χ1n) is 4.56. The summed E-state index contributed by atoms with van der Waals surface area (Å²) in [6.07, 6.45) is 0. The molecule has 1 N–H and O–H groups in total. The normalized spacial score (nSPS) is 10.2. The van der Waals surface area contributed by atoms with Gasteiger partial charge in [0, 0.05) is 17.8 Å². The summed E-state index contributed by atoms with van der Waals surface area (Å²) in [6.45, 7) is 0. The van der Waals surface area contributed by atoms with E-state index in [-0.39, 0.29) is 16.7 Å². The fraction of sp³-hybridized carbons (Fsp3) is 0.100. The van der Waals surface area contributed by atoms with E-state index in [0.29, 0.717) is 10.7 Å². The van der Waals surface area contributed by atoms with Crippen LogP contribution < -0.4 is 5.32 Å². The molecule has 0 saturated heterocycles. The zero-order valence-electron chi connectivity index (χ0n) is 9.11. The fourth-order valence-electron chi connectivity index (χ4n) is 1.33. The molecule has 19 heavy (non-hydrogen) atoms. The monoisotopic (exact) mass is 637 g/mol. The summed E-state index contributed by atoms with van der Waals surface area (Å²) < 4.78 is 1.14. The highest BCUT2D eigenvalue weighted by atomic mass is 127. The third-order valence-corrected chi connectivity index (χ3v) is 5.78. The third kappa shape index (κ3) is 3.52. The maximum atomic E-state index is 11.9.